The van der Waals surface area contributed by atoms with Crippen molar-refractivity contribution in [3.63, 3.8) is 0 Å². The standard InChI is InChI=1S/C23H21N3O2/c1-3-20-22(26-15-16(2)9-14-21(26)25-20)23(27)24-17-10-12-19(13-11-17)28-18-7-5-4-6-8-18/h4-15H,3H2,1-2H3,(H,24,27). The van der Waals surface area contributed by atoms with Gasteiger partial charge in [0.2, 0.25) is 0 Å². The summed E-state index contributed by atoms with van der Waals surface area (Å²) in [5.41, 5.74) is 3.91. The Morgan fingerprint density at radius 3 is 2.43 bits per heavy atom. The fourth-order valence-corrected chi connectivity index (χ4v) is 3.11. The Morgan fingerprint density at radius 1 is 1.00 bits per heavy atom. The number of hydrogen-bond donors (Lipinski definition) is 1. The summed E-state index contributed by atoms with van der Waals surface area (Å²) >= 11 is 0. The van der Waals surface area contributed by atoms with Crippen molar-refractivity contribution in [3.05, 3.63) is 89.9 Å². The number of benzene rings is 2. The number of amides is 1. The lowest BCUT2D eigenvalue weighted by molar-refractivity contribution is 0.102. The van der Waals surface area contributed by atoms with Crippen LogP contribution >= 0.6 is 0 Å². The average molecular weight is 371 g/mol. The number of aromatic nitrogens is 2. The average Bonchev–Trinajstić information content (AvgIpc) is 3.08. The van der Waals surface area contributed by atoms with E-state index >= 15 is 0 Å². The highest BCUT2D eigenvalue weighted by atomic mass is 16.5. The smallest absolute Gasteiger partial charge is 0.274 e. The number of imidazole rings is 1. The highest BCUT2D eigenvalue weighted by molar-refractivity contribution is 6.04. The Balaban J connectivity index is 1.55. The second kappa shape index (κ2) is 7.56. The van der Waals surface area contributed by atoms with E-state index in [0.717, 1.165) is 22.7 Å². The Kier molecular flexibility index (Phi) is 4.81. The van der Waals surface area contributed by atoms with E-state index in [4.69, 9.17) is 4.74 Å². The molecule has 28 heavy (non-hydrogen) atoms. The molecule has 0 saturated carbocycles. The van der Waals surface area contributed by atoms with Gasteiger partial charge in [0.05, 0.1) is 5.69 Å². The number of pyridine rings is 1. The summed E-state index contributed by atoms with van der Waals surface area (Å²) < 4.78 is 7.65. The summed E-state index contributed by atoms with van der Waals surface area (Å²) in [6, 6.07) is 20.8. The molecule has 2 heterocycles. The Bertz CT molecular complexity index is 1120. The van der Waals surface area contributed by atoms with E-state index in [1.165, 1.54) is 0 Å². The number of carbonyl (C=O) groups is 1. The van der Waals surface area contributed by atoms with Gasteiger partial charge in [0.1, 0.15) is 22.8 Å². The maximum atomic E-state index is 13.0. The van der Waals surface area contributed by atoms with E-state index in [2.05, 4.69) is 10.3 Å². The first-order chi connectivity index (χ1) is 13.6. The van der Waals surface area contributed by atoms with Gasteiger partial charge in [-0.2, -0.15) is 0 Å². The quantitative estimate of drug-likeness (QED) is 0.521. The number of hydrogen-bond acceptors (Lipinski definition) is 3. The van der Waals surface area contributed by atoms with Crippen molar-refractivity contribution in [2.45, 2.75) is 20.3 Å². The van der Waals surface area contributed by atoms with Crippen LogP contribution in [0.3, 0.4) is 0 Å². The van der Waals surface area contributed by atoms with E-state index in [1.807, 2.05) is 91.2 Å². The number of rotatable bonds is 5. The number of para-hydroxylation sites is 1. The molecule has 0 aliphatic heterocycles. The molecule has 5 heteroatoms. The van der Waals surface area contributed by atoms with Gasteiger partial charge in [0.15, 0.2) is 0 Å². The topological polar surface area (TPSA) is 55.6 Å². The van der Waals surface area contributed by atoms with Crippen molar-refractivity contribution in [1.29, 1.82) is 0 Å². The molecule has 0 fully saturated rings. The van der Waals surface area contributed by atoms with Gasteiger partial charge in [-0.3, -0.25) is 9.20 Å². The highest BCUT2D eigenvalue weighted by Crippen LogP contribution is 2.23. The molecule has 0 spiro atoms. The monoisotopic (exact) mass is 371 g/mol. The Hall–Kier alpha value is -3.60. The molecule has 1 N–H and O–H groups in total. The number of anilines is 1. The lowest BCUT2D eigenvalue weighted by Gasteiger charge is -2.09. The Morgan fingerprint density at radius 2 is 1.71 bits per heavy atom. The molecule has 0 unspecified atom stereocenters. The minimum atomic E-state index is -0.174. The summed E-state index contributed by atoms with van der Waals surface area (Å²) in [6.45, 7) is 4.00. The minimum Gasteiger partial charge on any atom is -0.457 e. The van der Waals surface area contributed by atoms with Crippen LogP contribution in [0.1, 0.15) is 28.7 Å². The van der Waals surface area contributed by atoms with Gasteiger partial charge in [-0.1, -0.05) is 31.2 Å². The molecule has 5 nitrogen and oxygen atoms in total. The van der Waals surface area contributed by atoms with Crippen LogP contribution in [0, 0.1) is 6.92 Å². The molecule has 0 radical (unpaired) electrons. The molecular weight excluding hydrogens is 350 g/mol. The highest BCUT2D eigenvalue weighted by Gasteiger charge is 2.18. The van der Waals surface area contributed by atoms with Gasteiger partial charge < -0.3 is 10.1 Å². The second-order valence-corrected chi connectivity index (χ2v) is 6.59. The van der Waals surface area contributed by atoms with Crippen molar-refractivity contribution >= 4 is 17.2 Å². The molecule has 0 aliphatic rings. The van der Waals surface area contributed by atoms with Crippen molar-refractivity contribution in [3.8, 4) is 11.5 Å². The number of ether oxygens (including phenoxy) is 1. The van der Waals surface area contributed by atoms with Gasteiger partial charge in [-0.25, -0.2) is 4.98 Å². The van der Waals surface area contributed by atoms with E-state index in [0.29, 0.717) is 23.6 Å². The molecule has 0 bridgehead atoms. The predicted molar refractivity (Wildman–Crippen MR) is 110 cm³/mol. The minimum absolute atomic E-state index is 0.174. The van der Waals surface area contributed by atoms with E-state index < -0.39 is 0 Å². The van der Waals surface area contributed by atoms with Gasteiger partial charge in [-0.05, 0) is 61.4 Å². The van der Waals surface area contributed by atoms with Crippen LogP contribution in [0.2, 0.25) is 0 Å². The van der Waals surface area contributed by atoms with E-state index in [9.17, 15) is 4.79 Å². The third kappa shape index (κ3) is 3.60. The SMILES string of the molecule is CCc1nc2ccc(C)cn2c1C(=O)Nc1ccc(Oc2ccccc2)cc1. The first-order valence-electron chi connectivity index (χ1n) is 9.26. The lowest BCUT2D eigenvalue weighted by atomic mass is 10.2. The zero-order valence-electron chi connectivity index (χ0n) is 15.8. The molecule has 1 amide bonds. The van der Waals surface area contributed by atoms with E-state index in [1.54, 1.807) is 0 Å². The summed E-state index contributed by atoms with van der Waals surface area (Å²) in [4.78, 5) is 17.5. The number of carbonyl (C=O) groups excluding carboxylic acids is 1. The number of aryl methyl sites for hydroxylation is 2. The molecule has 2 aromatic carbocycles. The predicted octanol–water partition coefficient (Wildman–Crippen LogP) is 5.25. The van der Waals surface area contributed by atoms with E-state index in [-0.39, 0.29) is 5.91 Å². The van der Waals surface area contributed by atoms with Gasteiger partial charge >= 0.3 is 0 Å². The number of fused-ring (bicyclic) bond motifs is 1. The largest absolute Gasteiger partial charge is 0.457 e. The summed E-state index contributed by atoms with van der Waals surface area (Å²) in [6.07, 6.45) is 2.63. The van der Waals surface area contributed by atoms with Crippen molar-refractivity contribution in [1.82, 2.24) is 9.38 Å². The third-order valence-corrected chi connectivity index (χ3v) is 4.48. The summed E-state index contributed by atoms with van der Waals surface area (Å²) in [7, 11) is 0. The molecule has 0 saturated heterocycles. The summed E-state index contributed by atoms with van der Waals surface area (Å²) in [5.74, 6) is 1.31. The summed E-state index contributed by atoms with van der Waals surface area (Å²) in [5, 5.41) is 2.97. The van der Waals surface area contributed by atoms with Crippen LogP contribution in [-0.4, -0.2) is 15.3 Å². The maximum absolute atomic E-state index is 13.0. The number of nitrogens with zero attached hydrogens (tertiary/aromatic N) is 2. The van der Waals surface area contributed by atoms with Crippen LogP contribution in [0.5, 0.6) is 11.5 Å². The molecule has 0 aliphatic carbocycles. The second-order valence-electron chi connectivity index (χ2n) is 6.59. The maximum Gasteiger partial charge on any atom is 0.274 e. The van der Waals surface area contributed by atoms with Gasteiger partial charge in [0, 0.05) is 11.9 Å². The van der Waals surface area contributed by atoms with Crippen molar-refractivity contribution in [2.24, 2.45) is 0 Å². The zero-order valence-corrected chi connectivity index (χ0v) is 15.8. The van der Waals surface area contributed by atoms with Crippen LogP contribution in [-0.2, 0) is 6.42 Å². The fraction of sp³-hybridized carbons (Fsp3) is 0.130. The number of nitrogens with one attached hydrogen (secondary N) is 1. The first-order valence-corrected chi connectivity index (χ1v) is 9.26. The molecule has 4 rings (SSSR count). The van der Waals surface area contributed by atoms with Crippen LogP contribution in [0.4, 0.5) is 5.69 Å². The molecule has 0 atom stereocenters. The molecule has 4 aromatic rings. The van der Waals surface area contributed by atoms with Crippen LogP contribution < -0.4 is 10.1 Å². The van der Waals surface area contributed by atoms with Crippen LogP contribution in [0.25, 0.3) is 5.65 Å². The first kappa shape index (κ1) is 17.8. The van der Waals surface area contributed by atoms with Gasteiger partial charge in [-0.15, -0.1) is 0 Å². The van der Waals surface area contributed by atoms with Gasteiger partial charge in [0.25, 0.3) is 5.91 Å². The zero-order chi connectivity index (χ0) is 19.5. The van der Waals surface area contributed by atoms with Crippen molar-refractivity contribution in [2.75, 3.05) is 5.32 Å². The molecule has 140 valence electrons. The normalized spacial score (nSPS) is 10.8. The third-order valence-electron chi connectivity index (χ3n) is 4.48. The molecule has 2 aromatic heterocycles. The fourth-order valence-electron chi connectivity index (χ4n) is 3.11. The Labute approximate surface area is 163 Å². The molecular formula is C23H21N3O2. The van der Waals surface area contributed by atoms with Crippen molar-refractivity contribution < 1.29 is 9.53 Å². The van der Waals surface area contributed by atoms with Crippen LogP contribution in [0.15, 0.2) is 72.9 Å². The lowest BCUT2D eigenvalue weighted by Crippen LogP contribution is -2.16.